The van der Waals surface area contributed by atoms with E-state index in [2.05, 4.69) is 6.92 Å². The first-order valence-corrected chi connectivity index (χ1v) is 14.8. The first kappa shape index (κ1) is 23.4. The zero-order valence-corrected chi connectivity index (χ0v) is 20.2. The van der Waals surface area contributed by atoms with Crippen molar-refractivity contribution in [1.82, 2.24) is 4.98 Å². The summed E-state index contributed by atoms with van der Waals surface area (Å²) < 4.78 is 37.6. The van der Waals surface area contributed by atoms with Gasteiger partial charge in [-0.3, -0.25) is 4.52 Å². The lowest BCUT2D eigenvalue weighted by Crippen LogP contribution is -2.08. The van der Waals surface area contributed by atoms with Crippen LogP contribution in [0.4, 0.5) is 0 Å². The molecule has 162 valence electrons. The number of fused-ring (bicyclic) bond motifs is 2. The highest BCUT2D eigenvalue weighted by Gasteiger charge is 2.28. The van der Waals surface area contributed by atoms with Gasteiger partial charge < -0.3 is 9.08 Å². The van der Waals surface area contributed by atoms with Crippen LogP contribution in [-0.4, -0.2) is 27.6 Å². The fourth-order valence-electron chi connectivity index (χ4n) is 3.05. The number of rotatable bonds is 11. The van der Waals surface area contributed by atoms with Crippen molar-refractivity contribution in [2.24, 2.45) is 0 Å². The maximum atomic E-state index is 13.2. The standard InChI is InChI=1S/C22H28NO4PS2/c1-4-7-12-29-28(24,26-6-3)27-19-15-18-14-17-10-8-9-11-20(17)23-22(18)21(16-19)30(25)13-5-2/h8-11,14-16H,4-7,12-13H2,1-3H3. The van der Waals surface area contributed by atoms with Crippen molar-refractivity contribution in [2.75, 3.05) is 18.1 Å². The number of aromatic nitrogens is 1. The van der Waals surface area contributed by atoms with Crippen LogP contribution in [0.15, 0.2) is 47.4 Å². The van der Waals surface area contributed by atoms with Crippen LogP contribution in [-0.2, 0) is 20.3 Å². The molecule has 2 aromatic carbocycles. The summed E-state index contributed by atoms with van der Waals surface area (Å²) in [6.07, 6.45) is 2.73. The van der Waals surface area contributed by atoms with Gasteiger partial charge in [0.15, 0.2) is 4.90 Å². The topological polar surface area (TPSA) is 71.5 Å². The molecule has 0 spiro atoms. The fourth-order valence-corrected chi connectivity index (χ4v) is 7.78. The number of nitrogens with zero attached hydrogens (tertiary/aromatic N) is 1. The fraction of sp³-hybridized carbons (Fsp3) is 0.409. The van der Waals surface area contributed by atoms with E-state index in [0.717, 1.165) is 35.6 Å². The van der Waals surface area contributed by atoms with E-state index in [9.17, 15) is 9.12 Å². The van der Waals surface area contributed by atoms with Gasteiger partial charge in [0.25, 0.3) is 0 Å². The second-order valence-electron chi connectivity index (χ2n) is 6.87. The van der Waals surface area contributed by atoms with E-state index in [-0.39, 0.29) is 0 Å². The molecular weight excluding hydrogens is 437 g/mol. The molecule has 1 heterocycles. The van der Waals surface area contributed by atoms with Gasteiger partial charge in [0.2, 0.25) is 0 Å². The molecule has 30 heavy (non-hydrogen) atoms. The predicted octanol–water partition coefficient (Wildman–Crippen LogP) is 6.96. The molecule has 0 aliphatic heterocycles. The van der Waals surface area contributed by atoms with Crippen LogP contribution in [0.2, 0.25) is 0 Å². The summed E-state index contributed by atoms with van der Waals surface area (Å²) in [5.74, 6) is 1.63. The first-order chi connectivity index (χ1) is 14.5. The van der Waals surface area contributed by atoms with Gasteiger partial charge in [-0.1, -0.05) is 38.5 Å². The zero-order chi connectivity index (χ0) is 21.6. The van der Waals surface area contributed by atoms with Gasteiger partial charge >= 0.3 is 6.80 Å². The molecule has 0 saturated carbocycles. The molecule has 3 aromatic rings. The third kappa shape index (κ3) is 5.71. The van der Waals surface area contributed by atoms with Crippen LogP contribution in [0.25, 0.3) is 21.8 Å². The molecule has 0 aliphatic carbocycles. The van der Waals surface area contributed by atoms with Gasteiger partial charge in [-0.15, -0.1) is 0 Å². The number of para-hydroxylation sites is 1. The summed E-state index contributed by atoms with van der Waals surface area (Å²) >= 11 is -0.00995. The highest BCUT2D eigenvalue weighted by atomic mass is 32.7. The molecule has 0 saturated heterocycles. The van der Waals surface area contributed by atoms with Crippen molar-refractivity contribution in [3.63, 3.8) is 0 Å². The molecule has 2 unspecified atom stereocenters. The third-order valence-electron chi connectivity index (χ3n) is 4.44. The highest BCUT2D eigenvalue weighted by Crippen LogP contribution is 2.60. The molecular formula is C22H28NO4PS2. The van der Waals surface area contributed by atoms with Crippen molar-refractivity contribution in [2.45, 2.75) is 44.9 Å². The lowest BCUT2D eigenvalue weighted by atomic mass is 10.1. The van der Waals surface area contributed by atoms with Crippen LogP contribution in [0, 0.1) is 0 Å². The largest absolute Gasteiger partial charge is 0.611 e. The summed E-state index contributed by atoms with van der Waals surface area (Å²) in [6, 6.07) is 13.4. The molecule has 0 fully saturated rings. The molecule has 0 N–H and O–H groups in total. The summed E-state index contributed by atoms with van der Waals surface area (Å²) in [6.45, 7) is 2.81. The molecule has 0 bridgehead atoms. The quantitative estimate of drug-likeness (QED) is 0.132. The van der Waals surface area contributed by atoms with Gasteiger partial charge in [-0.05, 0) is 60.5 Å². The van der Waals surface area contributed by atoms with E-state index < -0.39 is 18.0 Å². The van der Waals surface area contributed by atoms with Crippen molar-refractivity contribution < 1.29 is 18.2 Å². The summed E-state index contributed by atoms with van der Waals surface area (Å²) in [5, 5.41) is 1.80. The van der Waals surface area contributed by atoms with Crippen molar-refractivity contribution in [3.05, 3.63) is 42.5 Å². The van der Waals surface area contributed by atoms with Gasteiger partial charge in [0.05, 0.1) is 12.1 Å². The van der Waals surface area contributed by atoms with E-state index in [0.29, 0.717) is 34.3 Å². The van der Waals surface area contributed by atoms with Gasteiger partial charge in [-0.25, -0.2) is 9.55 Å². The van der Waals surface area contributed by atoms with Crippen molar-refractivity contribution in [1.29, 1.82) is 0 Å². The van der Waals surface area contributed by atoms with Crippen molar-refractivity contribution in [3.8, 4) is 5.75 Å². The Labute approximate surface area is 185 Å². The monoisotopic (exact) mass is 465 g/mol. The summed E-state index contributed by atoms with van der Waals surface area (Å²) in [4.78, 5) is 5.37. The number of hydrogen-bond donors (Lipinski definition) is 0. The molecule has 5 nitrogen and oxygen atoms in total. The smallest absolute Gasteiger partial charge is 0.440 e. The second-order valence-corrected chi connectivity index (χ2v) is 12.5. The zero-order valence-electron chi connectivity index (χ0n) is 17.6. The van der Waals surface area contributed by atoms with Gasteiger partial charge in [0, 0.05) is 22.6 Å². The van der Waals surface area contributed by atoms with E-state index in [1.165, 1.54) is 11.4 Å². The minimum absolute atomic E-state index is 0.296. The van der Waals surface area contributed by atoms with Crippen LogP contribution in [0.3, 0.4) is 0 Å². The van der Waals surface area contributed by atoms with Gasteiger partial charge in [0.1, 0.15) is 17.0 Å². The van der Waals surface area contributed by atoms with E-state index in [4.69, 9.17) is 14.0 Å². The molecule has 0 radical (unpaired) electrons. The maximum Gasteiger partial charge on any atom is 0.440 e. The Bertz CT molecular complexity index is 1050. The predicted molar refractivity (Wildman–Crippen MR) is 128 cm³/mol. The molecule has 8 heteroatoms. The van der Waals surface area contributed by atoms with Crippen molar-refractivity contribution >= 4 is 51.2 Å². The minimum Gasteiger partial charge on any atom is -0.611 e. The summed E-state index contributed by atoms with van der Waals surface area (Å²) in [5.41, 5.74) is 1.54. The van der Waals surface area contributed by atoms with Crippen LogP contribution in [0.5, 0.6) is 5.75 Å². The van der Waals surface area contributed by atoms with E-state index in [1.54, 1.807) is 13.0 Å². The number of pyridine rings is 1. The second kappa shape index (κ2) is 10.9. The Morgan fingerprint density at radius 3 is 2.63 bits per heavy atom. The molecule has 3 rings (SSSR count). The minimum atomic E-state index is -3.37. The Hall–Kier alpha value is -1.24. The normalized spacial score (nSPS) is 14.7. The number of benzene rings is 2. The molecule has 0 amide bonds. The lowest BCUT2D eigenvalue weighted by Gasteiger charge is -2.19. The van der Waals surface area contributed by atoms with Gasteiger partial charge in [-0.2, -0.15) is 0 Å². The third-order valence-corrected chi connectivity index (χ3v) is 9.86. The Morgan fingerprint density at radius 2 is 1.90 bits per heavy atom. The average molecular weight is 466 g/mol. The van der Waals surface area contributed by atoms with Crippen LogP contribution in [0.1, 0.15) is 40.0 Å². The molecule has 0 aliphatic rings. The molecule has 2 atom stereocenters. The molecule has 1 aromatic heterocycles. The van der Waals surface area contributed by atoms with E-state index >= 15 is 0 Å². The first-order valence-electron chi connectivity index (χ1n) is 10.3. The Kier molecular flexibility index (Phi) is 8.49. The highest BCUT2D eigenvalue weighted by molar-refractivity contribution is 8.55. The average Bonchev–Trinajstić information content (AvgIpc) is 2.72. The number of hydrogen-bond acceptors (Lipinski definition) is 6. The Morgan fingerprint density at radius 1 is 1.10 bits per heavy atom. The van der Waals surface area contributed by atoms with Crippen LogP contribution >= 0.6 is 18.2 Å². The van der Waals surface area contributed by atoms with Crippen LogP contribution < -0.4 is 4.52 Å². The van der Waals surface area contributed by atoms with E-state index in [1.807, 2.05) is 43.3 Å². The SMILES string of the molecule is CCCCSP(=O)(OCC)Oc1cc([S+]([O-])CCC)c2nc3ccccc3cc2c1. The Balaban J connectivity index is 2.07. The summed E-state index contributed by atoms with van der Waals surface area (Å²) in [7, 11) is 0. The lowest BCUT2D eigenvalue weighted by molar-refractivity contribution is 0.296. The number of unbranched alkanes of at least 4 members (excludes halogenated alkanes) is 1. The maximum absolute atomic E-state index is 13.2.